The highest BCUT2D eigenvalue weighted by Gasteiger charge is 2.37. The van der Waals surface area contributed by atoms with Gasteiger partial charge in [0.15, 0.2) is 0 Å². The molecule has 0 radical (unpaired) electrons. The van der Waals surface area contributed by atoms with E-state index in [9.17, 15) is 4.79 Å². The van der Waals surface area contributed by atoms with Crippen LogP contribution < -0.4 is 17.2 Å². The molecule has 0 aliphatic carbocycles. The third-order valence-corrected chi connectivity index (χ3v) is 3.00. The summed E-state index contributed by atoms with van der Waals surface area (Å²) in [6.07, 6.45) is 0.610. The minimum absolute atomic E-state index is 0.0601. The zero-order valence-corrected chi connectivity index (χ0v) is 9.94. The first-order valence-corrected chi connectivity index (χ1v) is 5.54. The van der Waals surface area contributed by atoms with Crippen molar-refractivity contribution in [1.29, 1.82) is 0 Å². The van der Waals surface area contributed by atoms with Gasteiger partial charge in [0.1, 0.15) is 18.4 Å². The Labute approximate surface area is 103 Å². The molecule has 2 heterocycles. The molecule has 3 atom stereocenters. The summed E-state index contributed by atoms with van der Waals surface area (Å²) in [5.41, 5.74) is 5.78. The number of aromatic nitrogens is 2. The first kappa shape index (κ1) is 13.0. The third-order valence-electron chi connectivity index (χ3n) is 3.00. The molecule has 2 rings (SSSR count). The first-order chi connectivity index (χ1) is 8.56. The Morgan fingerprint density at radius 3 is 3.00 bits per heavy atom. The molecule has 100 valence electrons. The van der Waals surface area contributed by atoms with E-state index < -0.39 is 18.4 Å². The van der Waals surface area contributed by atoms with Crippen LogP contribution in [0.1, 0.15) is 18.2 Å². The molecule has 0 bridgehead atoms. The van der Waals surface area contributed by atoms with E-state index in [0.717, 1.165) is 0 Å². The maximum Gasteiger partial charge on any atom is 0.277 e. The number of rotatable bonds is 3. The van der Waals surface area contributed by atoms with E-state index in [1.54, 1.807) is 17.7 Å². The Bertz CT molecular complexity index is 477. The van der Waals surface area contributed by atoms with Gasteiger partial charge in [-0.2, -0.15) is 4.98 Å². The fourth-order valence-electron chi connectivity index (χ4n) is 1.99. The predicted molar refractivity (Wildman–Crippen MR) is 62.3 cm³/mol. The summed E-state index contributed by atoms with van der Waals surface area (Å²) in [7, 11) is 0. The van der Waals surface area contributed by atoms with Crippen LogP contribution in [0.4, 0.5) is 5.95 Å². The first-order valence-electron chi connectivity index (χ1n) is 5.54. The van der Waals surface area contributed by atoms with E-state index in [1.165, 1.54) is 0 Å². The van der Waals surface area contributed by atoms with Crippen LogP contribution in [0.3, 0.4) is 0 Å². The summed E-state index contributed by atoms with van der Waals surface area (Å²) in [6, 6.07) is 0. The number of nitrogens with zero attached hydrogens (tertiary/aromatic N) is 2. The van der Waals surface area contributed by atoms with Crippen molar-refractivity contribution in [2.75, 3.05) is 12.3 Å². The second kappa shape index (κ2) is 5.02. The van der Waals surface area contributed by atoms with E-state index in [2.05, 4.69) is 4.98 Å². The molecule has 1 aliphatic rings. The highest BCUT2D eigenvalue weighted by atomic mass is 16.7. The van der Waals surface area contributed by atoms with Gasteiger partial charge in [-0.3, -0.25) is 14.2 Å². The second-order valence-corrected chi connectivity index (χ2v) is 4.22. The molecule has 1 aliphatic heterocycles. The Morgan fingerprint density at radius 2 is 2.44 bits per heavy atom. The van der Waals surface area contributed by atoms with E-state index in [0.29, 0.717) is 12.0 Å². The molecule has 18 heavy (non-hydrogen) atoms. The van der Waals surface area contributed by atoms with Crippen LogP contribution in [0.15, 0.2) is 11.0 Å². The van der Waals surface area contributed by atoms with Gasteiger partial charge < -0.3 is 15.6 Å². The molecule has 8 nitrogen and oxygen atoms in total. The highest BCUT2D eigenvalue weighted by Crippen LogP contribution is 2.30. The van der Waals surface area contributed by atoms with Crippen molar-refractivity contribution in [1.82, 2.24) is 9.55 Å². The van der Waals surface area contributed by atoms with Crippen molar-refractivity contribution < 1.29 is 14.7 Å². The summed E-state index contributed by atoms with van der Waals surface area (Å²) in [5, 5.41) is 9.13. The van der Waals surface area contributed by atoms with Crippen molar-refractivity contribution in [2.45, 2.75) is 31.8 Å². The molecule has 5 N–H and O–H groups in total. The van der Waals surface area contributed by atoms with Gasteiger partial charge in [0, 0.05) is 18.2 Å². The van der Waals surface area contributed by atoms with E-state index in [1.807, 2.05) is 0 Å². The molecule has 1 aromatic heterocycles. The minimum atomic E-state index is -0.515. The van der Waals surface area contributed by atoms with E-state index >= 15 is 0 Å². The third kappa shape index (κ3) is 2.23. The predicted octanol–water partition coefficient (Wildman–Crippen LogP) is -1.33. The summed E-state index contributed by atoms with van der Waals surface area (Å²) in [6.45, 7) is 1.44. The lowest BCUT2D eigenvalue weighted by atomic mass is 10.2. The fraction of sp³-hybridized carbons (Fsp3) is 0.600. The molecule has 8 heteroatoms. The number of anilines is 1. The Balaban J connectivity index is 2.28. The molecule has 1 saturated heterocycles. The second-order valence-electron chi connectivity index (χ2n) is 4.22. The Morgan fingerprint density at radius 1 is 1.72 bits per heavy atom. The number of nitrogen functional groups attached to an aromatic ring is 1. The quantitative estimate of drug-likeness (QED) is 0.572. The molecular formula is C10H16N4O4. The van der Waals surface area contributed by atoms with Crippen LogP contribution >= 0.6 is 0 Å². The van der Waals surface area contributed by atoms with Gasteiger partial charge in [-0.25, -0.2) is 5.90 Å². The zero-order valence-electron chi connectivity index (χ0n) is 9.94. The van der Waals surface area contributed by atoms with E-state index in [4.69, 9.17) is 26.3 Å². The van der Waals surface area contributed by atoms with Crippen molar-refractivity contribution in [2.24, 2.45) is 5.90 Å². The van der Waals surface area contributed by atoms with Crippen LogP contribution in [-0.2, 0) is 9.57 Å². The van der Waals surface area contributed by atoms with Crippen molar-refractivity contribution in [3.05, 3.63) is 22.1 Å². The summed E-state index contributed by atoms with van der Waals surface area (Å²) < 4.78 is 7.10. The van der Waals surface area contributed by atoms with Crippen molar-refractivity contribution in [3.8, 4) is 0 Å². The number of aryl methyl sites for hydroxylation is 1. The smallest absolute Gasteiger partial charge is 0.277 e. The van der Waals surface area contributed by atoms with Crippen molar-refractivity contribution in [3.63, 3.8) is 0 Å². The molecule has 0 saturated carbocycles. The molecule has 2 unspecified atom stereocenters. The number of aliphatic hydroxyl groups excluding tert-OH is 1. The molecule has 1 aromatic rings. The van der Waals surface area contributed by atoms with Gasteiger partial charge in [0.2, 0.25) is 5.95 Å². The summed E-state index contributed by atoms with van der Waals surface area (Å²) in [4.78, 5) is 19.7. The zero-order chi connectivity index (χ0) is 13.3. The molecule has 0 amide bonds. The molecular weight excluding hydrogens is 240 g/mol. The topological polar surface area (TPSA) is 126 Å². The number of hydrogen-bond donors (Lipinski definition) is 3. The van der Waals surface area contributed by atoms with Crippen LogP contribution in [0.2, 0.25) is 0 Å². The standard InChI is InChI=1S/C10H16N4O4/c1-5-3-14(10(11)13-9(5)16)8-2-6(18-12)7(4-15)17-8/h3,6-8,15H,2,4,12H2,1H3,(H2,11,13,16)/t6-,7?,8?/m1/s1. The molecule has 0 aromatic carbocycles. The average molecular weight is 256 g/mol. The lowest BCUT2D eigenvalue weighted by Crippen LogP contribution is -2.29. The number of ether oxygens (including phenoxy) is 1. The van der Waals surface area contributed by atoms with Gasteiger partial charge >= 0.3 is 0 Å². The van der Waals surface area contributed by atoms with Crippen LogP contribution in [0, 0.1) is 6.92 Å². The number of nitrogens with two attached hydrogens (primary N) is 2. The SMILES string of the molecule is Cc1cn(C2C[C@@H](ON)C(CO)O2)c(N)nc1=O. The normalized spacial score (nSPS) is 27.6. The minimum Gasteiger partial charge on any atom is -0.394 e. The van der Waals surface area contributed by atoms with Crippen molar-refractivity contribution >= 4 is 5.95 Å². The van der Waals surface area contributed by atoms with Gasteiger partial charge in [-0.05, 0) is 6.92 Å². The lowest BCUT2D eigenvalue weighted by molar-refractivity contribution is -0.0617. The van der Waals surface area contributed by atoms with Crippen LogP contribution in [0.25, 0.3) is 0 Å². The maximum atomic E-state index is 11.3. The monoisotopic (exact) mass is 256 g/mol. The fourth-order valence-corrected chi connectivity index (χ4v) is 1.99. The average Bonchev–Trinajstić information content (AvgIpc) is 2.76. The molecule has 1 fully saturated rings. The largest absolute Gasteiger partial charge is 0.394 e. The van der Waals surface area contributed by atoms with Crippen LogP contribution in [0.5, 0.6) is 0 Å². The summed E-state index contributed by atoms with van der Waals surface area (Å²) in [5.74, 6) is 5.20. The maximum absolute atomic E-state index is 11.3. The number of aliphatic hydroxyl groups is 1. The van der Waals surface area contributed by atoms with Crippen LogP contribution in [-0.4, -0.2) is 33.5 Å². The molecule has 0 spiro atoms. The summed E-state index contributed by atoms with van der Waals surface area (Å²) >= 11 is 0. The lowest BCUT2D eigenvalue weighted by Gasteiger charge is -2.17. The van der Waals surface area contributed by atoms with Gasteiger partial charge in [0.05, 0.1) is 6.61 Å². The van der Waals surface area contributed by atoms with E-state index in [-0.39, 0.29) is 18.1 Å². The Kier molecular flexibility index (Phi) is 3.62. The number of hydrogen-bond acceptors (Lipinski definition) is 7. The Hall–Kier alpha value is -1.48. The van der Waals surface area contributed by atoms with Gasteiger partial charge in [0.25, 0.3) is 5.56 Å². The van der Waals surface area contributed by atoms with Gasteiger partial charge in [-0.1, -0.05) is 0 Å². The van der Waals surface area contributed by atoms with Gasteiger partial charge in [-0.15, -0.1) is 0 Å². The highest BCUT2D eigenvalue weighted by molar-refractivity contribution is 5.21.